The van der Waals surface area contributed by atoms with Crippen LogP contribution in [0.15, 0.2) is 15.9 Å². The average molecular weight is 263 g/mol. The fraction of sp³-hybridized carbons (Fsp3) is 0.556. The molecule has 2 nitrogen and oxygen atoms in total. The van der Waals surface area contributed by atoms with Crippen molar-refractivity contribution in [2.75, 3.05) is 20.1 Å². The summed E-state index contributed by atoms with van der Waals surface area (Å²) in [4.78, 5) is 1.39. The summed E-state index contributed by atoms with van der Waals surface area (Å²) in [5, 5.41) is 8.64. The van der Waals surface area contributed by atoms with Crippen molar-refractivity contribution in [1.82, 2.24) is 10.6 Å². The Kier molecular flexibility index (Phi) is 5.62. The van der Waals surface area contributed by atoms with Crippen LogP contribution in [0.3, 0.4) is 0 Å². The normalized spacial score (nSPS) is 10.6. The summed E-state index contributed by atoms with van der Waals surface area (Å²) in [6.07, 6.45) is 1.18. The maximum absolute atomic E-state index is 3.44. The molecule has 0 spiro atoms. The highest BCUT2D eigenvalue weighted by atomic mass is 79.9. The van der Waals surface area contributed by atoms with Gasteiger partial charge in [0, 0.05) is 21.3 Å². The van der Waals surface area contributed by atoms with Crippen molar-refractivity contribution in [2.24, 2.45) is 0 Å². The molecular weight excluding hydrogens is 248 g/mol. The number of thiophene rings is 1. The van der Waals surface area contributed by atoms with E-state index in [0.717, 1.165) is 19.6 Å². The van der Waals surface area contributed by atoms with Crippen LogP contribution in [0, 0.1) is 0 Å². The topological polar surface area (TPSA) is 24.1 Å². The van der Waals surface area contributed by atoms with Gasteiger partial charge in [-0.25, -0.2) is 0 Å². The van der Waals surface area contributed by atoms with Crippen LogP contribution in [-0.4, -0.2) is 20.1 Å². The Labute approximate surface area is 91.9 Å². The monoisotopic (exact) mass is 262 g/mol. The SMILES string of the molecule is CNCCCNCc1cc(Br)cs1. The van der Waals surface area contributed by atoms with Crippen molar-refractivity contribution in [3.05, 3.63) is 20.8 Å². The lowest BCUT2D eigenvalue weighted by atomic mass is 10.4. The van der Waals surface area contributed by atoms with Gasteiger partial charge in [-0.3, -0.25) is 0 Å². The van der Waals surface area contributed by atoms with E-state index in [0.29, 0.717) is 0 Å². The van der Waals surface area contributed by atoms with E-state index in [4.69, 9.17) is 0 Å². The molecule has 0 fully saturated rings. The van der Waals surface area contributed by atoms with Gasteiger partial charge in [-0.15, -0.1) is 11.3 Å². The summed E-state index contributed by atoms with van der Waals surface area (Å²) in [6, 6.07) is 2.16. The molecule has 0 aliphatic carbocycles. The minimum atomic E-state index is 0.986. The molecule has 0 aromatic carbocycles. The Morgan fingerprint density at radius 1 is 1.46 bits per heavy atom. The molecule has 0 radical (unpaired) electrons. The number of rotatable bonds is 6. The summed E-state index contributed by atoms with van der Waals surface area (Å²) in [5.41, 5.74) is 0. The zero-order valence-electron chi connectivity index (χ0n) is 7.77. The van der Waals surface area contributed by atoms with Gasteiger partial charge in [0.25, 0.3) is 0 Å². The quantitative estimate of drug-likeness (QED) is 0.769. The van der Waals surface area contributed by atoms with Crippen LogP contribution in [0.1, 0.15) is 11.3 Å². The summed E-state index contributed by atoms with van der Waals surface area (Å²) in [6.45, 7) is 3.15. The maximum atomic E-state index is 3.44. The minimum Gasteiger partial charge on any atom is -0.320 e. The molecule has 4 heteroatoms. The molecule has 13 heavy (non-hydrogen) atoms. The second-order valence-electron chi connectivity index (χ2n) is 2.87. The molecule has 0 aliphatic heterocycles. The van der Waals surface area contributed by atoms with Gasteiger partial charge in [0.1, 0.15) is 0 Å². The fourth-order valence-corrected chi connectivity index (χ4v) is 2.47. The van der Waals surface area contributed by atoms with Gasteiger partial charge in [0.2, 0.25) is 0 Å². The molecule has 0 saturated carbocycles. The van der Waals surface area contributed by atoms with Crippen molar-refractivity contribution in [3.63, 3.8) is 0 Å². The van der Waals surface area contributed by atoms with E-state index in [2.05, 4.69) is 38.0 Å². The van der Waals surface area contributed by atoms with Crippen LogP contribution in [-0.2, 0) is 6.54 Å². The van der Waals surface area contributed by atoms with Gasteiger partial charge in [-0.05, 0) is 48.6 Å². The molecule has 1 aromatic rings. The zero-order valence-corrected chi connectivity index (χ0v) is 10.2. The highest BCUT2D eigenvalue weighted by molar-refractivity contribution is 9.10. The van der Waals surface area contributed by atoms with E-state index in [-0.39, 0.29) is 0 Å². The Morgan fingerprint density at radius 2 is 2.31 bits per heavy atom. The first-order chi connectivity index (χ1) is 6.33. The Bertz CT molecular complexity index is 237. The second kappa shape index (κ2) is 6.54. The van der Waals surface area contributed by atoms with Crippen molar-refractivity contribution >= 4 is 27.3 Å². The van der Waals surface area contributed by atoms with Crippen LogP contribution in [0.25, 0.3) is 0 Å². The molecule has 1 heterocycles. The first-order valence-electron chi connectivity index (χ1n) is 4.41. The Morgan fingerprint density at radius 3 is 2.92 bits per heavy atom. The smallest absolute Gasteiger partial charge is 0.0300 e. The minimum absolute atomic E-state index is 0.986. The number of hydrogen-bond acceptors (Lipinski definition) is 3. The van der Waals surface area contributed by atoms with E-state index >= 15 is 0 Å². The summed E-state index contributed by atoms with van der Waals surface area (Å²) in [5.74, 6) is 0. The molecule has 1 aromatic heterocycles. The maximum Gasteiger partial charge on any atom is 0.0300 e. The summed E-state index contributed by atoms with van der Waals surface area (Å²) < 4.78 is 1.18. The molecule has 0 amide bonds. The van der Waals surface area contributed by atoms with Gasteiger partial charge in [0.15, 0.2) is 0 Å². The molecule has 2 N–H and O–H groups in total. The van der Waals surface area contributed by atoms with Crippen LogP contribution in [0.2, 0.25) is 0 Å². The summed E-state index contributed by atoms with van der Waals surface area (Å²) >= 11 is 5.23. The lowest BCUT2D eigenvalue weighted by molar-refractivity contribution is 0.629. The molecule has 1 rings (SSSR count). The summed E-state index contributed by atoms with van der Waals surface area (Å²) in [7, 11) is 1.98. The zero-order chi connectivity index (χ0) is 9.52. The average Bonchev–Trinajstić information content (AvgIpc) is 2.51. The number of hydrogen-bond donors (Lipinski definition) is 2. The Balaban J connectivity index is 2.06. The van der Waals surface area contributed by atoms with Crippen molar-refractivity contribution in [3.8, 4) is 0 Å². The van der Waals surface area contributed by atoms with E-state index in [1.54, 1.807) is 11.3 Å². The van der Waals surface area contributed by atoms with Gasteiger partial charge in [0.05, 0.1) is 0 Å². The standard InChI is InChI=1S/C9H15BrN2S/c1-11-3-2-4-12-6-9-5-8(10)7-13-9/h5,7,11-12H,2-4,6H2,1H3. The van der Waals surface area contributed by atoms with Crippen molar-refractivity contribution < 1.29 is 0 Å². The molecule has 0 unspecified atom stereocenters. The fourth-order valence-electron chi connectivity index (χ4n) is 1.05. The van der Waals surface area contributed by atoms with Crippen molar-refractivity contribution in [2.45, 2.75) is 13.0 Å². The van der Waals surface area contributed by atoms with Gasteiger partial charge in [-0.1, -0.05) is 0 Å². The predicted octanol–water partition coefficient (Wildman–Crippen LogP) is 2.21. The first kappa shape index (κ1) is 11.2. The van der Waals surface area contributed by atoms with Gasteiger partial charge in [-0.2, -0.15) is 0 Å². The predicted molar refractivity (Wildman–Crippen MR) is 62.3 cm³/mol. The van der Waals surface area contributed by atoms with Crippen LogP contribution < -0.4 is 10.6 Å². The van der Waals surface area contributed by atoms with E-state index in [1.807, 2.05) is 7.05 Å². The Hall–Kier alpha value is 0.1000. The highest BCUT2D eigenvalue weighted by Gasteiger charge is 1.95. The lowest BCUT2D eigenvalue weighted by Crippen LogP contribution is -2.18. The molecule has 74 valence electrons. The second-order valence-corrected chi connectivity index (χ2v) is 4.78. The van der Waals surface area contributed by atoms with E-state index < -0.39 is 0 Å². The van der Waals surface area contributed by atoms with Crippen molar-refractivity contribution in [1.29, 1.82) is 0 Å². The van der Waals surface area contributed by atoms with E-state index in [9.17, 15) is 0 Å². The van der Waals surface area contributed by atoms with Crippen LogP contribution >= 0.6 is 27.3 Å². The molecule has 0 saturated heterocycles. The third-order valence-electron chi connectivity index (χ3n) is 1.70. The third kappa shape index (κ3) is 4.76. The molecule has 0 atom stereocenters. The van der Waals surface area contributed by atoms with Gasteiger partial charge >= 0.3 is 0 Å². The van der Waals surface area contributed by atoms with Gasteiger partial charge < -0.3 is 10.6 Å². The van der Waals surface area contributed by atoms with E-state index in [1.165, 1.54) is 15.8 Å². The first-order valence-corrected chi connectivity index (χ1v) is 6.08. The van der Waals surface area contributed by atoms with Crippen LogP contribution in [0.4, 0.5) is 0 Å². The number of nitrogens with one attached hydrogen (secondary N) is 2. The largest absolute Gasteiger partial charge is 0.320 e. The lowest BCUT2D eigenvalue weighted by Gasteiger charge is -2.01. The van der Waals surface area contributed by atoms with Crippen LogP contribution in [0.5, 0.6) is 0 Å². The highest BCUT2D eigenvalue weighted by Crippen LogP contribution is 2.19. The number of halogens is 1. The molecule has 0 bridgehead atoms. The third-order valence-corrected chi connectivity index (χ3v) is 3.40. The molecular formula is C9H15BrN2S. The molecule has 0 aliphatic rings.